The number of hydrogen-bond acceptors (Lipinski definition) is 3. The van der Waals surface area contributed by atoms with Gasteiger partial charge in [0.2, 0.25) is 0 Å². The fourth-order valence-electron chi connectivity index (χ4n) is 2.47. The summed E-state index contributed by atoms with van der Waals surface area (Å²) in [5, 5.41) is 3.11. The summed E-state index contributed by atoms with van der Waals surface area (Å²) in [5.74, 6) is 0.0825. The van der Waals surface area contributed by atoms with Crippen LogP contribution in [0.2, 0.25) is 0 Å². The van der Waals surface area contributed by atoms with E-state index in [2.05, 4.69) is 5.32 Å². The van der Waals surface area contributed by atoms with Gasteiger partial charge in [0.25, 0.3) is 5.91 Å². The maximum atomic E-state index is 12.6. The van der Waals surface area contributed by atoms with Crippen molar-refractivity contribution in [1.82, 2.24) is 4.90 Å². The standard InChI is InChI=1S/C15H22N2O2/c1-11-9-12(5-6-13(11)16-4)14(18)17-7-8-19-10-15(17,2)3/h5-6,9,16H,7-8,10H2,1-4H3. The van der Waals surface area contributed by atoms with E-state index in [9.17, 15) is 4.79 Å². The Morgan fingerprint density at radius 1 is 1.42 bits per heavy atom. The van der Waals surface area contributed by atoms with E-state index < -0.39 is 0 Å². The molecule has 1 heterocycles. The third kappa shape index (κ3) is 2.73. The minimum absolute atomic E-state index is 0.0825. The number of morpholine rings is 1. The molecule has 0 radical (unpaired) electrons. The highest BCUT2D eigenvalue weighted by molar-refractivity contribution is 5.95. The number of carbonyl (C=O) groups excluding carboxylic acids is 1. The number of carbonyl (C=O) groups is 1. The van der Waals surface area contributed by atoms with Gasteiger partial charge in [-0.2, -0.15) is 0 Å². The lowest BCUT2D eigenvalue weighted by molar-refractivity contribution is -0.0370. The molecule has 1 N–H and O–H groups in total. The van der Waals surface area contributed by atoms with Gasteiger partial charge in [0.05, 0.1) is 18.8 Å². The molecular weight excluding hydrogens is 240 g/mol. The van der Waals surface area contributed by atoms with Crippen LogP contribution in [0.4, 0.5) is 5.69 Å². The Hall–Kier alpha value is -1.55. The summed E-state index contributed by atoms with van der Waals surface area (Å²) in [5.41, 5.74) is 2.63. The van der Waals surface area contributed by atoms with Gasteiger partial charge >= 0.3 is 0 Å². The van der Waals surface area contributed by atoms with Crippen LogP contribution >= 0.6 is 0 Å². The second-order valence-electron chi connectivity index (χ2n) is 5.60. The highest BCUT2D eigenvalue weighted by Crippen LogP contribution is 2.23. The molecule has 2 rings (SSSR count). The van der Waals surface area contributed by atoms with Crippen LogP contribution in [0.1, 0.15) is 29.8 Å². The number of anilines is 1. The van der Waals surface area contributed by atoms with Gasteiger partial charge in [-0.25, -0.2) is 0 Å². The first kappa shape index (κ1) is 13.9. The van der Waals surface area contributed by atoms with Crippen molar-refractivity contribution in [2.24, 2.45) is 0 Å². The van der Waals surface area contributed by atoms with Gasteiger partial charge in [-0.3, -0.25) is 4.79 Å². The van der Waals surface area contributed by atoms with Crippen molar-refractivity contribution in [1.29, 1.82) is 0 Å². The molecule has 1 aliphatic heterocycles. The molecule has 104 valence electrons. The van der Waals surface area contributed by atoms with Gasteiger partial charge in [0.1, 0.15) is 0 Å². The maximum Gasteiger partial charge on any atom is 0.254 e. The molecule has 0 aliphatic carbocycles. The molecule has 0 saturated carbocycles. The number of nitrogens with zero attached hydrogens (tertiary/aromatic N) is 1. The molecule has 1 amide bonds. The number of rotatable bonds is 2. The Balaban J connectivity index is 2.26. The summed E-state index contributed by atoms with van der Waals surface area (Å²) in [4.78, 5) is 14.5. The molecule has 1 aromatic rings. The van der Waals surface area contributed by atoms with E-state index in [0.29, 0.717) is 19.8 Å². The second-order valence-corrected chi connectivity index (χ2v) is 5.60. The first-order valence-electron chi connectivity index (χ1n) is 6.64. The molecule has 1 saturated heterocycles. The summed E-state index contributed by atoms with van der Waals surface area (Å²) in [7, 11) is 1.88. The lowest BCUT2D eigenvalue weighted by atomic mass is 10.00. The number of aryl methyl sites for hydroxylation is 1. The summed E-state index contributed by atoms with van der Waals surface area (Å²) in [6.07, 6.45) is 0. The van der Waals surface area contributed by atoms with E-state index in [4.69, 9.17) is 4.74 Å². The minimum atomic E-state index is -0.245. The summed E-state index contributed by atoms with van der Waals surface area (Å²) >= 11 is 0. The van der Waals surface area contributed by atoms with Gasteiger partial charge in [0.15, 0.2) is 0 Å². The first-order chi connectivity index (χ1) is 8.95. The van der Waals surface area contributed by atoms with E-state index in [0.717, 1.165) is 16.8 Å². The third-order valence-electron chi connectivity index (χ3n) is 3.63. The second kappa shape index (κ2) is 5.21. The van der Waals surface area contributed by atoms with Crippen LogP contribution in [-0.4, -0.2) is 43.2 Å². The molecular formula is C15H22N2O2. The maximum absolute atomic E-state index is 12.6. The number of hydrogen-bond donors (Lipinski definition) is 1. The van der Waals surface area contributed by atoms with Gasteiger partial charge in [-0.1, -0.05) is 0 Å². The third-order valence-corrected chi connectivity index (χ3v) is 3.63. The van der Waals surface area contributed by atoms with Crippen molar-refractivity contribution >= 4 is 11.6 Å². The fourth-order valence-corrected chi connectivity index (χ4v) is 2.47. The lowest BCUT2D eigenvalue weighted by Gasteiger charge is -2.42. The quantitative estimate of drug-likeness (QED) is 0.889. The van der Waals surface area contributed by atoms with Gasteiger partial charge in [-0.05, 0) is 44.5 Å². The zero-order chi connectivity index (χ0) is 14.0. The number of nitrogens with one attached hydrogen (secondary N) is 1. The van der Waals surface area contributed by atoms with E-state index in [-0.39, 0.29) is 11.4 Å². The smallest absolute Gasteiger partial charge is 0.254 e. The molecule has 19 heavy (non-hydrogen) atoms. The van der Waals surface area contributed by atoms with E-state index in [1.165, 1.54) is 0 Å². The Morgan fingerprint density at radius 3 is 2.74 bits per heavy atom. The van der Waals surface area contributed by atoms with Crippen molar-refractivity contribution in [3.63, 3.8) is 0 Å². The molecule has 1 aliphatic rings. The van der Waals surface area contributed by atoms with Crippen molar-refractivity contribution in [3.05, 3.63) is 29.3 Å². The molecule has 0 unspecified atom stereocenters. The van der Waals surface area contributed by atoms with Crippen LogP contribution in [0, 0.1) is 6.92 Å². The van der Waals surface area contributed by atoms with Crippen LogP contribution < -0.4 is 5.32 Å². The van der Waals surface area contributed by atoms with Crippen molar-refractivity contribution in [3.8, 4) is 0 Å². The van der Waals surface area contributed by atoms with Gasteiger partial charge in [-0.15, -0.1) is 0 Å². The van der Waals surface area contributed by atoms with Gasteiger partial charge < -0.3 is 15.0 Å². The normalized spacial score (nSPS) is 18.2. The predicted molar refractivity (Wildman–Crippen MR) is 76.7 cm³/mol. The largest absolute Gasteiger partial charge is 0.388 e. The number of amides is 1. The molecule has 1 aromatic carbocycles. The fraction of sp³-hybridized carbons (Fsp3) is 0.533. The van der Waals surface area contributed by atoms with Crippen LogP contribution in [0.15, 0.2) is 18.2 Å². The van der Waals surface area contributed by atoms with Crippen molar-refractivity contribution < 1.29 is 9.53 Å². The molecule has 0 atom stereocenters. The van der Waals surface area contributed by atoms with Crippen LogP contribution in [0.3, 0.4) is 0 Å². The zero-order valence-electron chi connectivity index (χ0n) is 12.1. The van der Waals surface area contributed by atoms with Crippen molar-refractivity contribution in [2.45, 2.75) is 26.3 Å². The molecule has 0 spiro atoms. The van der Waals surface area contributed by atoms with E-state index in [1.54, 1.807) is 0 Å². The van der Waals surface area contributed by atoms with E-state index >= 15 is 0 Å². The van der Waals surface area contributed by atoms with E-state index in [1.807, 2.05) is 50.9 Å². The minimum Gasteiger partial charge on any atom is -0.388 e. The summed E-state index contributed by atoms with van der Waals surface area (Å²) in [6, 6.07) is 5.78. The molecule has 4 heteroatoms. The Kier molecular flexibility index (Phi) is 3.80. The molecule has 1 fully saturated rings. The molecule has 0 bridgehead atoms. The lowest BCUT2D eigenvalue weighted by Crippen LogP contribution is -2.55. The Bertz CT molecular complexity index is 483. The van der Waals surface area contributed by atoms with Crippen LogP contribution in [0.5, 0.6) is 0 Å². The number of ether oxygens (including phenoxy) is 1. The zero-order valence-corrected chi connectivity index (χ0v) is 12.1. The average Bonchev–Trinajstić information content (AvgIpc) is 2.37. The SMILES string of the molecule is CNc1ccc(C(=O)N2CCOCC2(C)C)cc1C. The summed E-state index contributed by atoms with van der Waals surface area (Å²) in [6.45, 7) is 7.94. The first-order valence-corrected chi connectivity index (χ1v) is 6.64. The summed E-state index contributed by atoms with van der Waals surface area (Å²) < 4.78 is 5.46. The molecule has 4 nitrogen and oxygen atoms in total. The van der Waals surface area contributed by atoms with Crippen LogP contribution in [-0.2, 0) is 4.74 Å². The van der Waals surface area contributed by atoms with Crippen molar-refractivity contribution in [2.75, 3.05) is 32.1 Å². The monoisotopic (exact) mass is 262 g/mol. The topological polar surface area (TPSA) is 41.6 Å². The molecule has 0 aromatic heterocycles. The predicted octanol–water partition coefficient (Wildman–Crippen LogP) is 2.29. The van der Waals surface area contributed by atoms with Crippen LogP contribution in [0.25, 0.3) is 0 Å². The number of benzene rings is 1. The average molecular weight is 262 g/mol. The highest BCUT2D eigenvalue weighted by Gasteiger charge is 2.34. The Labute approximate surface area is 114 Å². The Morgan fingerprint density at radius 2 is 2.16 bits per heavy atom. The van der Waals surface area contributed by atoms with Gasteiger partial charge in [0, 0.05) is 24.8 Å². The highest BCUT2D eigenvalue weighted by atomic mass is 16.5.